The molecule has 0 bridgehead atoms. The summed E-state index contributed by atoms with van der Waals surface area (Å²) in [5, 5.41) is 13.8. The predicted molar refractivity (Wildman–Crippen MR) is 247 cm³/mol. The smallest absolute Gasteiger partial charge is 0.268 e. The number of likely N-dealkylation sites (N-methyl/N-ethyl adjacent to an activating group) is 1. The Labute approximate surface area is 360 Å². The van der Waals surface area contributed by atoms with Gasteiger partial charge in [0.2, 0.25) is 5.91 Å². The maximum absolute atomic E-state index is 12.9. The van der Waals surface area contributed by atoms with E-state index in [1.165, 1.54) is 173 Å². The highest BCUT2D eigenvalue weighted by Gasteiger charge is 2.23. The van der Waals surface area contributed by atoms with Crippen LogP contribution in [0.3, 0.4) is 0 Å². The Morgan fingerprint density at radius 3 is 1.34 bits per heavy atom. The number of nitrogens with zero attached hydrogens (tertiary/aromatic N) is 1. The topological polar surface area (TPSA) is 108 Å². The van der Waals surface area contributed by atoms with Gasteiger partial charge in [0, 0.05) is 6.42 Å². The SMILES string of the molecule is CCCCCCCCCC/C=C\CCCCCCCCCC(=O)NC(COP(=O)([O-])OCC[N+](C)(C)C)C(O)/C=C/CCCCCCCCCCCCCCCCC. The van der Waals surface area contributed by atoms with Gasteiger partial charge in [0.05, 0.1) is 39.9 Å². The van der Waals surface area contributed by atoms with Crippen molar-refractivity contribution in [3.8, 4) is 0 Å². The molecule has 0 saturated heterocycles. The van der Waals surface area contributed by atoms with E-state index in [1.807, 2.05) is 27.2 Å². The molecule has 0 aromatic rings. The predicted octanol–water partition coefficient (Wildman–Crippen LogP) is 13.5. The van der Waals surface area contributed by atoms with Gasteiger partial charge in [0.25, 0.3) is 7.82 Å². The maximum Gasteiger partial charge on any atom is 0.268 e. The minimum Gasteiger partial charge on any atom is -0.756 e. The first-order chi connectivity index (χ1) is 28.0. The average molecular weight is 841 g/mol. The van der Waals surface area contributed by atoms with Gasteiger partial charge < -0.3 is 28.8 Å². The van der Waals surface area contributed by atoms with E-state index < -0.39 is 20.0 Å². The molecule has 0 fully saturated rings. The third-order valence-corrected chi connectivity index (χ3v) is 12.1. The molecule has 0 heterocycles. The quantitative estimate of drug-likeness (QED) is 0.0274. The van der Waals surface area contributed by atoms with Gasteiger partial charge in [-0.2, -0.15) is 0 Å². The molecular formula is C49H97N2O6P. The van der Waals surface area contributed by atoms with Gasteiger partial charge in [0.15, 0.2) is 0 Å². The van der Waals surface area contributed by atoms with Crippen molar-refractivity contribution in [3.05, 3.63) is 24.3 Å². The second-order valence-corrected chi connectivity index (χ2v) is 19.6. The molecule has 3 unspecified atom stereocenters. The molecule has 1 amide bonds. The second-order valence-electron chi connectivity index (χ2n) is 18.2. The minimum atomic E-state index is -4.59. The Balaban J connectivity index is 4.34. The summed E-state index contributed by atoms with van der Waals surface area (Å²) in [5.74, 6) is -0.200. The summed E-state index contributed by atoms with van der Waals surface area (Å²) >= 11 is 0. The van der Waals surface area contributed by atoms with Gasteiger partial charge in [-0.15, -0.1) is 0 Å². The molecule has 344 valence electrons. The summed E-state index contributed by atoms with van der Waals surface area (Å²) in [7, 11) is 1.26. The summed E-state index contributed by atoms with van der Waals surface area (Å²) in [5.41, 5.74) is 0. The van der Waals surface area contributed by atoms with Crippen LogP contribution in [0, 0.1) is 0 Å². The van der Waals surface area contributed by atoms with Crippen molar-refractivity contribution in [1.29, 1.82) is 0 Å². The zero-order valence-corrected chi connectivity index (χ0v) is 39.9. The molecule has 0 spiro atoms. The lowest BCUT2D eigenvalue weighted by molar-refractivity contribution is -0.870. The van der Waals surface area contributed by atoms with Gasteiger partial charge in [-0.3, -0.25) is 9.36 Å². The standard InChI is InChI=1S/C49H97N2O6P/c1-6-8-10-12-14-16-18-20-22-24-25-27-29-31-33-35-37-39-41-43-49(53)50-47(46-57-58(54,55)56-45-44-51(3,4)5)48(52)42-40-38-36-34-32-30-28-26-23-21-19-17-15-13-11-9-7-2/h24-25,40,42,47-48,52H,6-23,26-39,41,43-46H2,1-5H3,(H-,50,53,54,55)/b25-24-,42-40+. The van der Waals surface area contributed by atoms with Crippen LogP contribution in [-0.4, -0.2) is 68.5 Å². The minimum absolute atomic E-state index is 0.000532. The van der Waals surface area contributed by atoms with Gasteiger partial charge >= 0.3 is 0 Å². The number of aliphatic hydroxyl groups is 1. The van der Waals surface area contributed by atoms with Crippen molar-refractivity contribution < 1.29 is 32.9 Å². The van der Waals surface area contributed by atoms with Crippen molar-refractivity contribution in [2.45, 2.75) is 244 Å². The van der Waals surface area contributed by atoms with E-state index in [0.717, 1.165) is 38.5 Å². The number of phosphoric acid groups is 1. The lowest BCUT2D eigenvalue weighted by Crippen LogP contribution is -2.45. The number of aliphatic hydroxyl groups excluding tert-OH is 1. The van der Waals surface area contributed by atoms with E-state index in [4.69, 9.17) is 9.05 Å². The molecule has 0 saturated carbocycles. The fourth-order valence-electron chi connectivity index (χ4n) is 7.21. The number of amides is 1. The van der Waals surface area contributed by atoms with Crippen LogP contribution in [0.5, 0.6) is 0 Å². The molecule has 58 heavy (non-hydrogen) atoms. The number of hydrogen-bond donors (Lipinski definition) is 2. The van der Waals surface area contributed by atoms with Crippen LogP contribution in [0.25, 0.3) is 0 Å². The first kappa shape index (κ1) is 57.0. The van der Waals surface area contributed by atoms with Crippen LogP contribution in [0.2, 0.25) is 0 Å². The fourth-order valence-corrected chi connectivity index (χ4v) is 7.93. The molecular weight excluding hydrogens is 744 g/mol. The third-order valence-electron chi connectivity index (χ3n) is 11.2. The zero-order valence-electron chi connectivity index (χ0n) is 39.0. The number of hydrogen-bond acceptors (Lipinski definition) is 6. The van der Waals surface area contributed by atoms with Gasteiger partial charge in [-0.25, -0.2) is 0 Å². The fraction of sp³-hybridized carbons (Fsp3) is 0.898. The van der Waals surface area contributed by atoms with Gasteiger partial charge in [0.1, 0.15) is 13.2 Å². The average Bonchev–Trinajstić information content (AvgIpc) is 3.17. The molecule has 0 aromatic heterocycles. The molecule has 3 atom stereocenters. The normalized spacial score (nSPS) is 14.4. The first-order valence-electron chi connectivity index (χ1n) is 24.7. The number of phosphoric ester groups is 1. The first-order valence-corrected chi connectivity index (χ1v) is 26.2. The Morgan fingerprint density at radius 1 is 0.586 bits per heavy atom. The zero-order chi connectivity index (χ0) is 42.8. The number of allylic oxidation sites excluding steroid dienone is 3. The number of quaternary nitrogens is 1. The van der Waals surface area contributed by atoms with Crippen molar-refractivity contribution in [3.63, 3.8) is 0 Å². The van der Waals surface area contributed by atoms with Crippen LogP contribution in [0.1, 0.15) is 232 Å². The molecule has 8 nitrogen and oxygen atoms in total. The molecule has 0 aliphatic heterocycles. The largest absolute Gasteiger partial charge is 0.756 e. The lowest BCUT2D eigenvalue weighted by atomic mass is 10.0. The Hall–Kier alpha value is -1.02. The van der Waals surface area contributed by atoms with Gasteiger partial charge in [-0.05, 0) is 44.9 Å². The van der Waals surface area contributed by atoms with E-state index in [9.17, 15) is 19.4 Å². The summed E-state index contributed by atoms with van der Waals surface area (Å²) in [6.07, 6.45) is 49.4. The highest BCUT2D eigenvalue weighted by molar-refractivity contribution is 7.45. The van der Waals surface area contributed by atoms with Crippen LogP contribution in [-0.2, 0) is 18.4 Å². The monoisotopic (exact) mass is 841 g/mol. The van der Waals surface area contributed by atoms with Crippen molar-refractivity contribution in [1.82, 2.24) is 5.32 Å². The van der Waals surface area contributed by atoms with Crippen molar-refractivity contribution in [2.75, 3.05) is 40.9 Å². The van der Waals surface area contributed by atoms with E-state index in [-0.39, 0.29) is 19.1 Å². The van der Waals surface area contributed by atoms with Crippen LogP contribution >= 0.6 is 7.82 Å². The molecule has 0 aromatic carbocycles. The molecule has 2 N–H and O–H groups in total. The van der Waals surface area contributed by atoms with Crippen LogP contribution in [0.4, 0.5) is 0 Å². The van der Waals surface area contributed by atoms with E-state index >= 15 is 0 Å². The van der Waals surface area contributed by atoms with E-state index in [2.05, 4.69) is 31.3 Å². The Morgan fingerprint density at radius 2 is 0.948 bits per heavy atom. The van der Waals surface area contributed by atoms with Crippen molar-refractivity contribution in [2.24, 2.45) is 0 Å². The van der Waals surface area contributed by atoms with E-state index in [0.29, 0.717) is 17.4 Å². The number of unbranched alkanes of at least 4 members (excludes halogenated alkanes) is 30. The van der Waals surface area contributed by atoms with Crippen LogP contribution < -0.4 is 10.2 Å². The number of carbonyl (C=O) groups is 1. The Kier molecular flexibility index (Phi) is 40.6. The van der Waals surface area contributed by atoms with E-state index in [1.54, 1.807) is 6.08 Å². The molecule has 0 rings (SSSR count). The van der Waals surface area contributed by atoms with Gasteiger partial charge in [-0.1, -0.05) is 205 Å². The molecule has 9 heteroatoms. The maximum atomic E-state index is 12.9. The molecule has 0 aliphatic rings. The number of rotatable bonds is 45. The summed E-state index contributed by atoms with van der Waals surface area (Å²) in [6.45, 7) is 4.66. The summed E-state index contributed by atoms with van der Waals surface area (Å²) in [4.78, 5) is 25.4. The highest BCUT2D eigenvalue weighted by atomic mass is 31.2. The molecule has 0 radical (unpaired) electrons. The summed E-state index contributed by atoms with van der Waals surface area (Å²) in [6, 6.07) is -0.886. The van der Waals surface area contributed by atoms with Crippen LogP contribution in [0.15, 0.2) is 24.3 Å². The summed E-state index contributed by atoms with van der Waals surface area (Å²) < 4.78 is 23.3. The van der Waals surface area contributed by atoms with Crippen molar-refractivity contribution >= 4 is 13.7 Å². The molecule has 0 aliphatic carbocycles. The Bertz CT molecular complexity index is 1000. The third kappa shape index (κ3) is 43.1. The number of carbonyl (C=O) groups excluding carboxylic acids is 1. The number of nitrogens with one attached hydrogen (secondary N) is 1. The lowest BCUT2D eigenvalue weighted by Gasteiger charge is -2.29. The second kappa shape index (κ2) is 41.3. The highest BCUT2D eigenvalue weighted by Crippen LogP contribution is 2.38.